The van der Waals surface area contributed by atoms with E-state index in [2.05, 4.69) is 4.98 Å². The van der Waals surface area contributed by atoms with E-state index in [9.17, 15) is 5.11 Å². The number of hydrogen-bond donors (Lipinski definition) is 1. The van der Waals surface area contributed by atoms with E-state index in [1.54, 1.807) is 32.5 Å². The summed E-state index contributed by atoms with van der Waals surface area (Å²) >= 11 is 0. The van der Waals surface area contributed by atoms with Crippen molar-refractivity contribution in [3.05, 3.63) is 42.0 Å². The van der Waals surface area contributed by atoms with Crippen LogP contribution in [0.1, 0.15) is 24.4 Å². The number of aliphatic hydroxyl groups is 1. The van der Waals surface area contributed by atoms with Crippen LogP contribution in [0.3, 0.4) is 0 Å². The van der Waals surface area contributed by atoms with Crippen molar-refractivity contribution in [1.29, 1.82) is 0 Å². The molecule has 1 aromatic carbocycles. The molecule has 0 radical (unpaired) electrons. The van der Waals surface area contributed by atoms with Gasteiger partial charge in [0.05, 0.1) is 20.8 Å². The van der Waals surface area contributed by atoms with Gasteiger partial charge in [-0.1, -0.05) is 6.92 Å². The zero-order valence-corrected chi connectivity index (χ0v) is 12.0. The van der Waals surface area contributed by atoms with Crippen molar-refractivity contribution < 1.29 is 14.6 Å². The van der Waals surface area contributed by atoms with Gasteiger partial charge in [0, 0.05) is 24.4 Å². The van der Waals surface area contributed by atoms with Crippen LogP contribution >= 0.6 is 0 Å². The highest BCUT2D eigenvalue weighted by Gasteiger charge is 2.16. The second kappa shape index (κ2) is 6.43. The molecule has 1 unspecified atom stereocenters. The Morgan fingerprint density at radius 2 is 2.10 bits per heavy atom. The molecule has 0 aliphatic heterocycles. The number of methoxy groups -OCH3 is 2. The minimum atomic E-state index is -0.681. The van der Waals surface area contributed by atoms with E-state index in [0.717, 1.165) is 12.2 Å². The summed E-state index contributed by atoms with van der Waals surface area (Å²) in [6.07, 6.45) is 3.76. The Hall–Kier alpha value is -2.01. The van der Waals surface area contributed by atoms with Gasteiger partial charge in [-0.3, -0.25) is 0 Å². The SMILES string of the molecule is CCc1nccn1CC(O)c1cc(OC)ccc1OC. The predicted octanol–water partition coefficient (Wildman–Crippen LogP) is 2.20. The molecule has 5 heteroatoms. The molecule has 0 fully saturated rings. The van der Waals surface area contributed by atoms with Crippen molar-refractivity contribution in [2.45, 2.75) is 26.0 Å². The first-order valence-electron chi connectivity index (χ1n) is 6.59. The zero-order chi connectivity index (χ0) is 14.5. The van der Waals surface area contributed by atoms with E-state index in [0.29, 0.717) is 23.6 Å². The van der Waals surface area contributed by atoms with Gasteiger partial charge in [-0.05, 0) is 18.2 Å². The van der Waals surface area contributed by atoms with E-state index in [1.165, 1.54) is 0 Å². The van der Waals surface area contributed by atoms with Crippen molar-refractivity contribution in [1.82, 2.24) is 9.55 Å². The van der Waals surface area contributed by atoms with E-state index < -0.39 is 6.10 Å². The van der Waals surface area contributed by atoms with Crippen LogP contribution in [-0.4, -0.2) is 28.9 Å². The van der Waals surface area contributed by atoms with Crippen LogP contribution in [0, 0.1) is 0 Å². The Morgan fingerprint density at radius 3 is 2.75 bits per heavy atom. The van der Waals surface area contributed by atoms with Crippen LogP contribution in [0.5, 0.6) is 11.5 Å². The molecule has 0 bridgehead atoms. The number of nitrogens with zero attached hydrogens (tertiary/aromatic N) is 2. The topological polar surface area (TPSA) is 56.5 Å². The number of benzene rings is 1. The summed E-state index contributed by atoms with van der Waals surface area (Å²) in [5.74, 6) is 2.29. The number of hydrogen-bond acceptors (Lipinski definition) is 4. The predicted molar refractivity (Wildman–Crippen MR) is 76.1 cm³/mol. The first kappa shape index (κ1) is 14.4. The molecule has 1 aromatic heterocycles. The molecule has 2 aromatic rings. The molecular formula is C15H20N2O3. The maximum atomic E-state index is 10.5. The maximum absolute atomic E-state index is 10.5. The fraction of sp³-hybridized carbons (Fsp3) is 0.400. The second-order valence-electron chi connectivity index (χ2n) is 4.47. The average molecular weight is 276 g/mol. The number of imidazole rings is 1. The third kappa shape index (κ3) is 2.93. The van der Waals surface area contributed by atoms with Gasteiger partial charge in [-0.2, -0.15) is 0 Å². The lowest BCUT2D eigenvalue weighted by atomic mass is 10.1. The van der Waals surface area contributed by atoms with Crippen molar-refractivity contribution in [2.75, 3.05) is 14.2 Å². The third-order valence-corrected chi connectivity index (χ3v) is 3.28. The maximum Gasteiger partial charge on any atom is 0.124 e. The number of ether oxygens (including phenoxy) is 2. The number of aromatic nitrogens is 2. The lowest BCUT2D eigenvalue weighted by Gasteiger charge is -2.17. The second-order valence-corrected chi connectivity index (χ2v) is 4.47. The summed E-state index contributed by atoms with van der Waals surface area (Å²) < 4.78 is 12.4. The Labute approximate surface area is 118 Å². The molecule has 108 valence electrons. The minimum Gasteiger partial charge on any atom is -0.497 e. The van der Waals surface area contributed by atoms with Crippen LogP contribution in [-0.2, 0) is 13.0 Å². The molecule has 0 aliphatic rings. The highest BCUT2D eigenvalue weighted by Crippen LogP contribution is 2.30. The molecule has 1 atom stereocenters. The summed E-state index contributed by atoms with van der Waals surface area (Å²) in [6, 6.07) is 5.40. The van der Waals surface area contributed by atoms with Gasteiger partial charge in [-0.15, -0.1) is 0 Å². The van der Waals surface area contributed by atoms with Crippen molar-refractivity contribution in [3.8, 4) is 11.5 Å². The highest BCUT2D eigenvalue weighted by atomic mass is 16.5. The minimum absolute atomic E-state index is 0.437. The monoisotopic (exact) mass is 276 g/mol. The van der Waals surface area contributed by atoms with Crippen LogP contribution in [0.4, 0.5) is 0 Å². The highest BCUT2D eigenvalue weighted by molar-refractivity contribution is 5.41. The quantitative estimate of drug-likeness (QED) is 0.878. The standard InChI is InChI=1S/C15H20N2O3/c1-4-15-16-7-8-17(15)10-13(18)12-9-11(19-2)5-6-14(12)20-3/h5-9,13,18H,4,10H2,1-3H3. The molecule has 5 nitrogen and oxygen atoms in total. The van der Waals surface area contributed by atoms with Crippen LogP contribution in [0.15, 0.2) is 30.6 Å². The van der Waals surface area contributed by atoms with Crippen LogP contribution in [0.2, 0.25) is 0 Å². The van der Waals surface area contributed by atoms with E-state index in [4.69, 9.17) is 9.47 Å². The summed E-state index contributed by atoms with van der Waals surface area (Å²) in [5.41, 5.74) is 0.711. The molecular weight excluding hydrogens is 256 g/mol. The molecule has 0 saturated carbocycles. The average Bonchev–Trinajstić information content (AvgIpc) is 2.93. The molecule has 0 aliphatic carbocycles. The number of rotatable bonds is 6. The largest absolute Gasteiger partial charge is 0.497 e. The first-order chi connectivity index (χ1) is 9.69. The van der Waals surface area contributed by atoms with Gasteiger partial charge in [0.2, 0.25) is 0 Å². The fourth-order valence-corrected chi connectivity index (χ4v) is 2.21. The molecule has 0 saturated heterocycles. The van der Waals surface area contributed by atoms with Gasteiger partial charge >= 0.3 is 0 Å². The summed E-state index contributed by atoms with van der Waals surface area (Å²) in [4.78, 5) is 4.25. The summed E-state index contributed by atoms with van der Waals surface area (Å²) in [6.45, 7) is 2.48. The lowest BCUT2D eigenvalue weighted by Crippen LogP contribution is -2.11. The number of aliphatic hydroxyl groups excluding tert-OH is 1. The van der Waals surface area contributed by atoms with Crippen LogP contribution in [0.25, 0.3) is 0 Å². The van der Waals surface area contributed by atoms with E-state index >= 15 is 0 Å². The number of aryl methyl sites for hydroxylation is 1. The Balaban J connectivity index is 2.26. The molecule has 1 N–H and O–H groups in total. The van der Waals surface area contributed by atoms with Gasteiger partial charge in [0.1, 0.15) is 23.4 Å². The smallest absolute Gasteiger partial charge is 0.124 e. The van der Waals surface area contributed by atoms with Crippen molar-refractivity contribution >= 4 is 0 Å². The van der Waals surface area contributed by atoms with Crippen molar-refractivity contribution in [2.24, 2.45) is 0 Å². The van der Waals surface area contributed by atoms with Crippen molar-refractivity contribution in [3.63, 3.8) is 0 Å². The fourth-order valence-electron chi connectivity index (χ4n) is 2.21. The molecule has 0 spiro atoms. The Bertz CT molecular complexity index is 566. The first-order valence-corrected chi connectivity index (χ1v) is 6.59. The molecule has 1 heterocycles. The van der Waals surface area contributed by atoms with E-state index in [1.807, 2.05) is 23.8 Å². The summed E-state index contributed by atoms with van der Waals surface area (Å²) in [5, 5.41) is 10.5. The summed E-state index contributed by atoms with van der Waals surface area (Å²) in [7, 11) is 3.19. The van der Waals surface area contributed by atoms with Gasteiger partial charge in [0.15, 0.2) is 0 Å². The Kier molecular flexibility index (Phi) is 4.63. The van der Waals surface area contributed by atoms with E-state index in [-0.39, 0.29) is 0 Å². The molecule has 20 heavy (non-hydrogen) atoms. The molecule has 0 amide bonds. The van der Waals surface area contributed by atoms with Crippen LogP contribution < -0.4 is 9.47 Å². The lowest BCUT2D eigenvalue weighted by molar-refractivity contribution is 0.151. The normalized spacial score (nSPS) is 12.2. The van der Waals surface area contributed by atoms with Gasteiger partial charge in [-0.25, -0.2) is 4.98 Å². The molecule has 2 rings (SSSR count). The van der Waals surface area contributed by atoms with Gasteiger partial charge in [0.25, 0.3) is 0 Å². The third-order valence-electron chi connectivity index (χ3n) is 3.28. The Morgan fingerprint density at radius 1 is 1.30 bits per heavy atom. The van der Waals surface area contributed by atoms with Gasteiger partial charge < -0.3 is 19.1 Å². The zero-order valence-electron chi connectivity index (χ0n) is 12.0.